The number of ether oxygens (including phenoxy) is 2. The van der Waals surface area contributed by atoms with Gasteiger partial charge in [0.1, 0.15) is 11.5 Å². The van der Waals surface area contributed by atoms with Gasteiger partial charge in [0, 0.05) is 12.4 Å². The van der Waals surface area contributed by atoms with E-state index in [2.05, 4.69) is 41.5 Å². The van der Waals surface area contributed by atoms with E-state index < -0.39 is 0 Å². The molecule has 2 heterocycles. The standard InChI is InChI=1S/C25H27N5O3/c1-18(2)20-7-9-22(10-8-20)33-17-29-12-11-24(28-29)25(31)27-21-14-26-30(16-21)15-19-5-4-6-23(13-19)32-3/h4-14,16,18H,15,17H2,1-3H3,(H,27,31). The van der Waals surface area contributed by atoms with Crippen molar-refractivity contribution in [1.29, 1.82) is 0 Å². The zero-order chi connectivity index (χ0) is 23.2. The second-order valence-electron chi connectivity index (χ2n) is 7.97. The number of carbonyl (C=O) groups is 1. The van der Waals surface area contributed by atoms with Gasteiger partial charge < -0.3 is 14.8 Å². The van der Waals surface area contributed by atoms with Crippen molar-refractivity contribution in [3.05, 3.63) is 90.0 Å². The number of carbonyl (C=O) groups excluding carboxylic acids is 1. The molecule has 0 aliphatic heterocycles. The highest BCUT2D eigenvalue weighted by molar-refractivity contribution is 6.02. The van der Waals surface area contributed by atoms with Crippen LogP contribution in [0.15, 0.2) is 73.2 Å². The number of methoxy groups -OCH3 is 1. The van der Waals surface area contributed by atoms with Gasteiger partial charge in [0.25, 0.3) is 5.91 Å². The maximum absolute atomic E-state index is 12.6. The summed E-state index contributed by atoms with van der Waals surface area (Å²) in [5, 5.41) is 11.4. The number of hydrogen-bond acceptors (Lipinski definition) is 5. The van der Waals surface area contributed by atoms with Crippen molar-refractivity contribution < 1.29 is 14.3 Å². The molecular weight excluding hydrogens is 418 g/mol. The van der Waals surface area contributed by atoms with Crippen molar-refractivity contribution in [1.82, 2.24) is 19.6 Å². The van der Waals surface area contributed by atoms with E-state index in [1.54, 1.807) is 41.1 Å². The van der Waals surface area contributed by atoms with Gasteiger partial charge in [-0.2, -0.15) is 10.2 Å². The molecule has 0 aliphatic rings. The zero-order valence-corrected chi connectivity index (χ0v) is 18.9. The fourth-order valence-electron chi connectivity index (χ4n) is 3.31. The summed E-state index contributed by atoms with van der Waals surface area (Å²) in [5.74, 6) is 1.71. The molecule has 4 rings (SSSR count). The molecule has 0 saturated heterocycles. The van der Waals surface area contributed by atoms with Crippen LogP contribution in [-0.2, 0) is 13.3 Å². The minimum atomic E-state index is -0.309. The Bertz CT molecular complexity index is 1210. The molecule has 4 aromatic rings. The molecule has 0 radical (unpaired) electrons. The van der Waals surface area contributed by atoms with E-state index in [9.17, 15) is 4.79 Å². The van der Waals surface area contributed by atoms with Crippen molar-refractivity contribution in [2.45, 2.75) is 33.0 Å². The fourth-order valence-corrected chi connectivity index (χ4v) is 3.31. The van der Waals surface area contributed by atoms with Gasteiger partial charge in [0.05, 0.1) is 25.5 Å². The number of rotatable bonds is 9. The molecule has 0 saturated carbocycles. The van der Waals surface area contributed by atoms with Crippen LogP contribution in [0.5, 0.6) is 11.5 Å². The molecule has 0 atom stereocenters. The number of amides is 1. The lowest BCUT2D eigenvalue weighted by atomic mass is 10.0. The first-order chi connectivity index (χ1) is 16.0. The lowest BCUT2D eigenvalue weighted by molar-refractivity contribution is 0.102. The maximum atomic E-state index is 12.6. The monoisotopic (exact) mass is 445 g/mol. The van der Waals surface area contributed by atoms with E-state index in [0.29, 0.717) is 23.8 Å². The van der Waals surface area contributed by atoms with E-state index in [-0.39, 0.29) is 12.6 Å². The van der Waals surface area contributed by atoms with Gasteiger partial charge in [0.15, 0.2) is 12.4 Å². The van der Waals surface area contributed by atoms with E-state index in [0.717, 1.165) is 17.1 Å². The molecular formula is C25H27N5O3. The Morgan fingerprint density at radius 3 is 2.64 bits per heavy atom. The molecule has 2 aromatic heterocycles. The van der Waals surface area contributed by atoms with E-state index in [1.807, 2.05) is 36.4 Å². The summed E-state index contributed by atoms with van der Waals surface area (Å²) in [6.45, 7) is 5.08. The van der Waals surface area contributed by atoms with Crippen LogP contribution in [0.4, 0.5) is 5.69 Å². The molecule has 1 amide bonds. The summed E-state index contributed by atoms with van der Waals surface area (Å²) >= 11 is 0. The zero-order valence-electron chi connectivity index (χ0n) is 18.9. The Labute approximate surface area is 192 Å². The Hall–Kier alpha value is -4.07. The average Bonchev–Trinajstić information content (AvgIpc) is 3.48. The van der Waals surface area contributed by atoms with Crippen molar-refractivity contribution in [2.75, 3.05) is 12.4 Å². The van der Waals surface area contributed by atoms with Gasteiger partial charge in [-0.25, -0.2) is 4.68 Å². The molecule has 0 bridgehead atoms. The maximum Gasteiger partial charge on any atom is 0.276 e. The normalized spacial score (nSPS) is 10.9. The van der Waals surface area contributed by atoms with Crippen LogP contribution in [0, 0.1) is 0 Å². The highest BCUT2D eigenvalue weighted by atomic mass is 16.5. The molecule has 0 aliphatic carbocycles. The molecule has 33 heavy (non-hydrogen) atoms. The highest BCUT2D eigenvalue weighted by Gasteiger charge is 2.12. The molecule has 8 heteroatoms. The smallest absolute Gasteiger partial charge is 0.276 e. The minimum absolute atomic E-state index is 0.215. The first-order valence-electron chi connectivity index (χ1n) is 10.7. The summed E-state index contributed by atoms with van der Waals surface area (Å²) in [5.41, 5.74) is 3.20. The van der Waals surface area contributed by atoms with Gasteiger partial charge in [-0.05, 0) is 47.4 Å². The third-order valence-electron chi connectivity index (χ3n) is 5.15. The second kappa shape index (κ2) is 10.0. The van der Waals surface area contributed by atoms with Crippen LogP contribution in [0.25, 0.3) is 0 Å². The SMILES string of the molecule is COc1cccc(Cn2cc(NC(=O)c3ccn(COc4ccc(C(C)C)cc4)n3)cn2)c1. The topological polar surface area (TPSA) is 83.2 Å². The molecule has 8 nitrogen and oxygen atoms in total. The van der Waals surface area contributed by atoms with Crippen LogP contribution in [0.1, 0.15) is 41.4 Å². The Morgan fingerprint density at radius 2 is 1.88 bits per heavy atom. The van der Waals surface area contributed by atoms with Gasteiger partial charge in [-0.1, -0.05) is 38.1 Å². The van der Waals surface area contributed by atoms with E-state index in [4.69, 9.17) is 9.47 Å². The first-order valence-corrected chi connectivity index (χ1v) is 10.7. The summed E-state index contributed by atoms with van der Waals surface area (Å²) in [7, 11) is 1.64. The number of nitrogens with one attached hydrogen (secondary N) is 1. The second-order valence-corrected chi connectivity index (χ2v) is 7.97. The van der Waals surface area contributed by atoms with Gasteiger partial charge in [0.2, 0.25) is 0 Å². The number of hydrogen-bond donors (Lipinski definition) is 1. The van der Waals surface area contributed by atoms with E-state index >= 15 is 0 Å². The Kier molecular flexibility index (Phi) is 6.73. The number of anilines is 1. The van der Waals surface area contributed by atoms with Crippen molar-refractivity contribution in [2.24, 2.45) is 0 Å². The molecule has 170 valence electrons. The minimum Gasteiger partial charge on any atom is -0.497 e. The largest absolute Gasteiger partial charge is 0.497 e. The fraction of sp³-hybridized carbons (Fsp3) is 0.240. The predicted molar refractivity (Wildman–Crippen MR) is 126 cm³/mol. The third kappa shape index (κ3) is 5.79. The highest BCUT2D eigenvalue weighted by Crippen LogP contribution is 2.19. The van der Waals surface area contributed by atoms with Crippen molar-refractivity contribution >= 4 is 11.6 Å². The van der Waals surface area contributed by atoms with Crippen LogP contribution >= 0.6 is 0 Å². The molecule has 0 unspecified atom stereocenters. The van der Waals surface area contributed by atoms with Crippen LogP contribution < -0.4 is 14.8 Å². The van der Waals surface area contributed by atoms with Crippen LogP contribution in [0.3, 0.4) is 0 Å². The molecule has 0 spiro atoms. The van der Waals surface area contributed by atoms with E-state index in [1.165, 1.54) is 5.56 Å². The van der Waals surface area contributed by atoms with Gasteiger partial charge in [-0.3, -0.25) is 9.48 Å². The lowest BCUT2D eigenvalue weighted by Gasteiger charge is -2.09. The molecule has 0 fully saturated rings. The summed E-state index contributed by atoms with van der Waals surface area (Å²) in [4.78, 5) is 12.6. The van der Waals surface area contributed by atoms with Crippen LogP contribution in [-0.4, -0.2) is 32.6 Å². The van der Waals surface area contributed by atoms with Crippen molar-refractivity contribution in [3.8, 4) is 11.5 Å². The average molecular weight is 446 g/mol. The number of nitrogens with zero attached hydrogens (tertiary/aromatic N) is 4. The van der Waals surface area contributed by atoms with Gasteiger partial charge in [-0.15, -0.1) is 0 Å². The predicted octanol–water partition coefficient (Wildman–Crippen LogP) is 4.55. The Morgan fingerprint density at radius 1 is 1.06 bits per heavy atom. The lowest BCUT2D eigenvalue weighted by Crippen LogP contribution is -2.14. The van der Waals surface area contributed by atoms with Crippen LogP contribution in [0.2, 0.25) is 0 Å². The third-order valence-corrected chi connectivity index (χ3v) is 5.15. The van der Waals surface area contributed by atoms with Crippen molar-refractivity contribution in [3.63, 3.8) is 0 Å². The molecule has 2 aromatic carbocycles. The Balaban J connectivity index is 1.31. The number of benzene rings is 2. The van der Waals surface area contributed by atoms with Gasteiger partial charge >= 0.3 is 0 Å². The summed E-state index contributed by atoms with van der Waals surface area (Å²) in [6.07, 6.45) is 5.10. The summed E-state index contributed by atoms with van der Waals surface area (Å²) in [6, 6.07) is 17.4. The quantitative estimate of drug-likeness (QED) is 0.409. The molecule has 1 N–H and O–H groups in total. The first kappa shape index (κ1) is 22.1. The summed E-state index contributed by atoms with van der Waals surface area (Å²) < 4.78 is 14.3. The number of aromatic nitrogens is 4.